The van der Waals surface area contributed by atoms with E-state index in [-0.39, 0.29) is 6.09 Å². The van der Waals surface area contributed by atoms with Gasteiger partial charge in [0.15, 0.2) is 0 Å². The molecule has 1 unspecified atom stereocenters. The molecule has 3 nitrogen and oxygen atoms in total. The van der Waals surface area contributed by atoms with Crippen molar-refractivity contribution in [1.82, 2.24) is 4.90 Å². The lowest BCUT2D eigenvalue weighted by molar-refractivity contribution is 0.0158. The second-order valence-corrected chi connectivity index (χ2v) is 6.53. The maximum Gasteiger partial charge on any atom is 0.410 e. The Hall–Kier alpha value is -0.730. The van der Waals surface area contributed by atoms with Crippen LogP contribution in [0.15, 0.2) is 0 Å². The van der Waals surface area contributed by atoms with Crippen LogP contribution in [0.3, 0.4) is 0 Å². The molecule has 0 heterocycles. The molecule has 3 heteroatoms. The summed E-state index contributed by atoms with van der Waals surface area (Å²) in [5, 5.41) is 0. The number of hydrogen-bond donors (Lipinski definition) is 0. The molecule has 0 aromatic heterocycles. The van der Waals surface area contributed by atoms with Crippen LogP contribution in [0, 0.1) is 0 Å². The average molecular weight is 285 g/mol. The average Bonchev–Trinajstić information content (AvgIpc) is 2.35. The molecule has 120 valence electrons. The van der Waals surface area contributed by atoms with Crippen LogP contribution in [0.1, 0.15) is 86.5 Å². The molecule has 0 bridgehead atoms. The highest BCUT2D eigenvalue weighted by Gasteiger charge is 2.25. The predicted octanol–water partition coefficient (Wildman–Crippen LogP) is 5.38. The van der Waals surface area contributed by atoms with Gasteiger partial charge in [-0.05, 0) is 40.5 Å². The minimum Gasteiger partial charge on any atom is -0.444 e. The summed E-state index contributed by atoms with van der Waals surface area (Å²) in [7, 11) is 0. The molecule has 0 aliphatic rings. The van der Waals surface area contributed by atoms with Crippen LogP contribution in [0.2, 0.25) is 0 Å². The van der Waals surface area contributed by atoms with Gasteiger partial charge in [0.2, 0.25) is 0 Å². The Balaban J connectivity index is 4.31. The predicted molar refractivity (Wildman–Crippen MR) is 86.1 cm³/mol. The third-order valence-electron chi connectivity index (χ3n) is 3.52. The smallest absolute Gasteiger partial charge is 0.410 e. The van der Waals surface area contributed by atoms with Crippen molar-refractivity contribution in [2.24, 2.45) is 0 Å². The first-order valence-corrected chi connectivity index (χ1v) is 8.35. The number of amides is 1. The van der Waals surface area contributed by atoms with Gasteiger partial charge in [-0.2, -0.15) is 0 Å². The first-order chi connectivity index (χ1) is 9.35. The van der Waals surface area contributed by atoms with Gasteiger partial charge in [0.05, 0.1) is 0 Å². The van der Waals surface area contributed by atoms with E-state index in [2.05, 4.69) is 13.8 Å². The SMILES string of the molecule is CCCCCCCC(CC)N(CC)C(=O)OC(C)(C)C. The van der Waals surface area contributed by atoms with E-state index in [0.717, 1.165) is 19.4 Å². The van der Waals surface area contributed by atoms with Gasteiger partial charge in [-0.3, -0.25) is 0 Å². The summed E-state index contributed by atoms with van der Waals surface area (Å²) in [5.41, 5.74) is -0.413. The first-order valence-electron chi connectivity index (χ1n) is 8.35. The zero-order chi connectivity index (χ0) is 15.6. The molecule has 0 aromatic carbocycles. The fourth-order valence-corrected chi connectivity index (χ4v) is 2.42. The largest absolute Gasteiger partial charge is 0.444 e. The summed E-state index contributed by atoms with van der Waals surface area (Å²) in [6.45, 7) is 12.9. The Bertz CT molecular complexity index is 258. The molecule has 0 N–H and O–H groups in total. The molecule has 1 amide bonds. The summed E-state index contributed by atoms with van der Waals surface area (Å²) < 4.78 is 5.51. The van der Waals surface area contributed by atoms with Gasteiger partial charge in [-0.1, -0.05) is 46.0 Å². The number of rotatable bonds is 9. The van der Waals surface area contributed by atoms with Crippen molar-refractivity contribution in [3.05, 3.63) is 0 Å². The maximum atomic E-state index is 12.2. The normalized spacial score (nSPS) is 13.1. The van der Waals surface area contributed by atoms with Crippen LogP contribution in [-0.4, -0.2) is 29.2 Å². The van der Waals surface area contributed by atoms with E-state index >= 15 is 0 Å². The summed E-state index contributed by atoms with van der Waals surface area (Å²) >= 11 is 0. The van der Waals surface area contributed by atoms with Crippen molar-refractivity contribution in [3.8, 4) is 0 Å². The lowest BCUT2D eigenvalue weighted by Gasteiger charge is -2.32. The number of ether oxygens (including phenoxy) is 1. The van der Waals surface area contributed by atoms with E-state index in [9.17, 15) is 4.79 Å². The number of carbonyl (C=O) groups excluding carboxylic acids is 1. The van der Waals surface area contributed by atoms with Crippen LogP contribution < -0.4 is 0 Å². The second-order valence-electron chi connectivity index (χ2n) is 6.53. The van der Waals surface area contributed by atoms with Crippen molar-refractivity contribution in [2.75, 3.05) is 6.54 Å². The molecule has 0 fully saturated rings. The van der Waals surface area contributed by atoms with Crippen LogP contribution in [0.4, 0.5) is 4.79 Å². The molecular weight excluding hydrogens is 250 g/mol. The number of nitrogens with zero attached hydrogens (tertiary/aromatic N) is 1. The fraction of sp³-hybridized carbons (Fsp3) is 0.941. The molecule has 0 aliphatic carbocycles. The molecule has 20 heavy (non-hydrogen) atoms. The van der Waals surface area contributed by atoms with Crippen molar-refractivity contribution in [3.63, 3.8) is 0 Å². The number of carbonyl (C=O) groups is 1. The molecule has 1 atom stereocenters. The van der Waals surface area contributed by atoms with Crippen LogP contribution in [0.25, 0.3) is 0 Å². The van der Waals surface area contributed by atoms with Crippen molar-refractivity contribution in [1.29, 1.82) is 0 Å². The zero-order valence-electron chi connectivity index (χ0n) is 14.5. The van der Waals surface area contributed by atoms with Gasteiger partial charge in [0.25, 0.3) is 0 Å². The summed E-state index contributed by atoms with van der Waals surface area (Å²) in [6, 6.07) is 0.316. The molecule has 0 spiro atoms. The lowest BCUT2D eigenvalue weighted by atomic mass is 10.0. The Kier molecular flexibility index (Phi) is 9.70. The second kappa shape index (κ2) is 10.1. The molecule has 0 saturated heterocycles. The molecule has 0 rings (SSSR count). The standard InChI is InChI=1S/C17H35NO2/c1-7-10-11-12-13-14-15(8-2)18(9-3)16(19)20-17(4,5)6/h15H,7-14H2,1-6H3. The van der Waals surface area contributed by atoms with Gasteiger partial charge in [0.1, 0.15) is 5.60 Å². The van der Waals surface area contributed by atoms with Gasteiger partial charge < -0.3 is 9.64 Å². The highest BCUT2D eigenvalue weighted by atomic mass is 16.6. The van der Waals surface area contributed by atoms with Gasteiger partial charge >= 0.3 is 6.09 Å². The van der Waals surface area contributed by atoms with Crippen molar-refractivity contribution < 1.29 is 9.53 Å². The quantitative estimate of drug-likeness (QED) is 0.532. The first kappa shape index (κ1) is 19.3. The molecule has 0 saturated carbocycles. The maximum absolute atomic E-state index is 12.2. The molecule has 0 aromatic rings. The third-order valence-corrected chi connectivity index (χ3v) is 3.52. The van der Waals surface area contributed by atoms with Gasteiger partial charge in [-0.25, -0.2) is 4.79 Å². The summed E-state index contributed by atoms with van der Waals surface area (Å²) in [6.07, 6.45) is 8.31. The fourth-order valence-electron chi connectivity index (χ4n) is 2.42. The minimum absolute atomic E-state index is 0.166. The Morgan fingerprint density at radius 2 is 1.65 bits per heavy atom. The van der Waals surface area contributed by atoms with Crippen molar-refractivity contribution >= 4 is 6.09 Å². The van der Waals surface area contributed by atoms with E-state index in [1.807, 2.05) is 32.6 Å². The summed E-state index contributed by atoms with van der Waals surface area (Å²) in [4.78, 5) is 14.1. The molecule has 0 radical (unpaired) electrons. The van der Waals surface area contributed by atoms with E-state index in [4.69, 9.17) is 4.74 Å². The Morgan fingerprint density at radius 3 is 2.10 bits per heavy atom. The lowest BCUT2D eigenvalue weighted by Crippen LogP contribution is -2.43. The highest BCUT2D eigenvalue weighted by Crippen LogP contribution is 2.18. The van der Waals surface area contributed by atoms with E-state index < -0.39 is 5.60 Å². The minimum atomic E-state index is -0.413. The topological polar surface area (TPSA) is 29.5 Å². The highest BCUT2D eigenvalue weighted by molar-refractivity contribution is 5.68. The zero-order valence-corrected chi connectivity index (χ0v) is 14.5. The number of hydrogen-bond acceptors (Lipinski definition) is 2. The molecule has 0 aliphatic heterocycles. The Morgan fingerprint density at radius 1 is 1.05 bits per heavy atom. The Labute approximate surface area is 126 Å². The van der Waals surface area contributed by atoms with Crippen LogP contribution in [0.5, 0.6) is 0 Å². The number of unbranched alkanes of at least 4 members (excludes halogenated alkanes) is 4. The van der Waals surface area contributed by atoms with Gasteiger partial charge in [-0.15, -0.1) is 0 Å². The van der Waals surface area contributed by atoms with Gasteiger partial charge in [0, 0.05) is 12.6 Å². The molecular formula is C17H35NO2. The van der Waals surface area contributed by atoms with Crippen LogP contribution >= 0.6 is 0 Å². The third kappa shape index (κ3) is 8.44. The van der Waals surface area contributed by atoms with E-state index in [1.54, 1.807) is 0 Å². The summed E-state index contributed by atoms with van der Waals surface area (Å²) in [5.74, 6) is 0. The van der Waals surface area contributed by atoms with E-state index in [1.165, 1.54) is 32.1 Å². The van der Waals surface area contributed by atoms with E-state index in [0.29, 0.717) is 6.04 Å². The van der Waals surface area contributed by atoms with Crippen molar-refractivity contribution in [2.45, 2.75) is 98.1 Å². The monoisotopic (exact) mass is 285 g/mol. The van der Waals surface area contributed by atoms with Crippen LogP contribution in [-0.2, 0) is 4.74 Å².